The highest BCUT2D eigenvalue weighted by Gasteiger charge is 2.23. The lowest BCUT2D eigenvalue weighted by atomic mass is 9.60. The first kappa shape index (κ1) is 40.7. The Hall–Kier alpha value is -8.10. The molecule has 3 aromatic heterocycles. The van der Waals surface area contributed by atoms with Crippen LogP contribution in [0.5, 0.6) is 0 Å². The fourth-order valence-corrected chi connectivity index (χ4v) is 9.21. The van der Waals surface area contributed by atoms with Crippen LogP contribution >= 0.6 is 0 Å². The molecule has 11 rings (SSSR count). The van der Waals surface area contributed by atoms with Gasteiger partial charge in [0.2, 0.25) is 0 Å². The number of para-hydroxylation sites is 2. The van der Waals surface area contributed by atoms with E-state index in [2.05, 4.69) is 147 Å². The van der Waals surface area contributed by atoms with E-state index in [1.807, 2.05) is 78.9 Å². The van der Waals surface area contributed by atoms with Crippen molar-refractivity contribution in [3.8, 4) is 85.1 Å². The predicted octanol–water partition coefficient (Wildman–Crippen LogP) is 4.11. The maximum atomic E-state index is 5.48. The molecule has 0 N–H and O–H groups in total. The number of nitrogens with zero attached hydrogens (tertiary/aromatic N) is 7. The SMILES string of the molecule is Bc1c(B)c(B)c(-c2nc(-c3ccccc3)nc(-c3cc(-c4cccc(-c5nc(-c6ccccc6)nc(-c6ccccc6)n5)c4)ccc3-n3c4ccccc4c4ccccc43)n2)c(B)c1B. The first-order chi connectivity index (χ1) is 32.3. The maximum absolute atomic E-state index is 5.48. The molecular weight excluding hydrogens is 801 g/mol. The summed E-state index contributed by atoms with van der Waals surface area (Å²) in [4.78, 5) is 31.2. The van der Waals surface area contributed by atoms with Crippen molar-refractivity contribution in [3.05, 3.63) is 182 Å². The van der Waals surface area contributed by atoms with Crippen molar-refractivity contribution in [3.63, 3.8) is 0 Å². The second kappa shape index (κ2) is 16.8. The molecule has 0 fully saturated rings. The van der Waals surface area contributed by atoms with E-state index in [0.29, 0.717) is 34.9 Å². The smallest absolute Gasteiger partial charge is 0.166 e. The molecule has 8 aromatic carbocycles. The summed E-state index contributed by atoms with van der Waals surface area (Å²) in [6, 6.07) is 62.6. The average Bonchev–Trinajstić information content (AvgIpc) is 3.72. The lowest BCUT2D eigenvalue weighted by Crippen LogP contribution is -2.55. The van der Waals surface area contributed by atoms with Crippen molar-refractivity contribution < 1.29 is 0 Å². The van der Waals surface area contributed by atoms with Gasteiger partial charge >= 0.3 is 0 Å². The van der Waals surface area contributed by atoms with Gasteiger partial charge in [-0.3, -0.25) is 0 Å². The number of rotatable bonds is 8. The number of aromatic nitrogens is 7. The summed E-state index contributed by atoms with van der Waals surface area (Å²) in [7, 11) is 11.0. The van der Waals surface area contributed by atoms with Gasteiger partial charge in [0.05, 0.1) is 16.7 Å². The molecule has 0 aliphatic rings. The molecule has 0 aliphatic heterocycles. The van der Waals surface area contributed by atoms with Gasteiger partial charge in [-0.15, -0.1) is 16.4 Å². The summed E-state index contributed by atoms with van der Waals surface area (Å²) in [5.74, 6) is 3.68. The fourth-order valence-electron chi connectivity index (χ4n) is 9.21. The zero-order valence-electron chi connectivity index (χ0n) is 37.5. The van der Waals surface area contributed by atoms with Crippen LogP contribution in [0.3, 0.4) is 0 Å². The van der Waals surface area contributed by atoms with Gasteiger partial charge in [-0.2, -0.15) is 0 Å². The van der Waals surface area contributed by atoms with Crippen LogP contribution in [0, 0.1) is 0 Å². The van der Waals surface area contributed by atoms with Crippen LogP contribution in [0.15, 0.2) is 182 Å². The van der Waals surface area contributed by atoms with Crippen LogP contribution in [0.25, 0.3) is 107 Å². The maximum Gasteiger partial charge on any atom is 0.166 e. The first-order valence-electron chi connectivity index (χ1n) is 22.3. The standard InChI is InChI=1S/C54H40B5N7/c55-44-43(45(56)47(58)48(59)46(44)57)54-64-51(33-19-8-3-9-20-33)63-53(65-54)39-30-35(27-28-42(39)66-40-25-12-10-23-37(40)38-24-11-13-26-41(38)66)34-21-14-22-36(29-34)52-61-49(31-15-4-1-5-16-31)60-50(62-52)32-17-6-2-7-18-32/h1-30H,55-59H2. The normalized spacial score (nSPS) is 11.3. The van der Waals surface area contributed by atoms with Crippen LogP contribution in [0.2, 0.25) is 0 Å². The summed E-state index contributed by atoms with van der Waals surface area (Å²) >= 11 is 0. The fraction of sp³-hybridized carbons (Fsp3) is 0. The van der Waals surface area contributed by atoms with Crippen molar-refractivity contribution in [1.82, 2.24) is 34.5 Å². The Morgan fingerprint density at radius 1 is 0.288 bits per heavy atom. The average molecular weight is 841 g/mol. The highest BCUT2D eigenvalue weighted by Crippen LogP contribution is 2.39. The van der Waals surface area contributed by atoms with Crippen molar-refractivity contribution in [2.45, 2.75) is 0 Å². The summed E-state index contributed by atoms with van der Waals surface area (Å²) in [6.07, 6.45) is 0. The summed E-state index contributed by atoms with van der Waals surface area (Å²) in [6.45, 7) is 0. The van der Waals surface area contributed by atoms with Gasteiger partial charge in [0.1, 0.15) is 39.2 Å². The molecular formula is C54H40B5N7. The molecule has 11 aromatic rings. The molecule has 3 heterocycles. The highest BCUT2D eigenvalue weighted by atomic mass is 15.1. The van der Waals surface area contributed by atoms with E-state index in [4.69, 9.17) is 29.9 Å². The molecule has 306 valence electrons. The molecule has 0 atom stereocenters. The van der Waals surface area contributed by atoms with E-state index in [1.165, 1.54) is 38.1 Å². The third-order valence-electron chi connectivity index (χ3n) is 13.1. The Balaban J connectivity index is 1.16. The molecule has 0 radical (unpaired) electrons. The summed E-state index contributed by atoms with van der Waals surface area (Å²) in [5, 5.41) is 2.35. The predicted molar refractivity (Wildman–Crippen MR) is 286 cm³/mol. The Bertz CT molecular complexity index is 3520. The second-order valence-electron chi connectivity index (χ2n) is 16.9. The molecule has 66 heavy (non-hydrogen) atoms. The van der Waals surface area contributed by atoms with E-state index in [1.54, 1.807) is 0 Å². The molecule has 7 nitrogen and oxygen atoms in total. The van der Waals surface area contributed by atoms with Crippen molar-refractivity contribution >= 4 is 88.4 Å². The Labute approximate surface area is 388 Å². The van der Waals surface area contributed by atoms with Crippen molar-refractivity contribution in [1.29, 1.82) is 0 Å². The lowest BCUT2D eigenvalue weighted by molar-refractivity contribution is 1.07. The summed E-state index contributed by atoms with van der Waals surface area (Å²) in [5.41, 5.74) is 16.8. The van der Waals surface area contributed by atoms with Gasteiger partial charge in [-0.25, -0.2) is 29.9 Å². The van der Waals surface area contributed by atoms with Crippen LogP contribution in [0.4, 0.5) is 0 Å². The monoisotopic (exact) mass is 841 g/mol. The highest BCUT2D eigenvalue weighted by molar-refractivity contribution is 6.68. The third kappa shape index (κ3) is 7.21. The molecule has 0 unspecified atom stereocenters. The Morgan fingerprint density at radius 3 is 1.20 bits per heavy atom. The third-order valence-corrected chi connectivity index (χ3v) is 13.1. The number of hydrogen-bond acceptors (Lipinski definition) is 6. The molecule has 0 amide bonds. The quantitative estimate of drug-likeness (QED) is 0.215. The Morgan fingerprint density at radius 2 is 0.667 bits per heavy atom. The lowest BCUT2D eigenvalue weighted by Gasteiger charge is -2.20. The minimum Gasteiger partial charge on any atom is -0.309 e. The van der Waals surface area contributed by atoms with Crippen molar-refractivity contribution in [2.75, 3.05) is 0 Å². The minimum atomic E-state index is 0.584. The van der Waals surface area contributed by atoms with Crippen LogP contribution in [0.1, 0.15) is 0 Å². The Kier molecular flexibility index (Phi) is 10.3. The largest absolute Gasteiger partial charge is 0.309 e. The molecule has 0 saturated carbocycles. The number of fused-ring (bicyclic) bond motifs is 3. The molecule has 0 spiro atoms. The van der Waals surface area contributed by atoms with E-state index in [0.717, 1.165) is 61.2 Å². The van der Waals surface area contributed by atoms with Crippen LogP contribution in [-0.4, -0.2) is 73.7 Å². The van der Waals surface area contributed by atoms with E-state index < -0.39 is 0 Å². The van der Waals surface area contributed by atoms with Gasteiger partial charge in [0, 0.05) is 44.2 Å². The van der Waals surface area contributed by atoms with Gasteiger partial charge in [-0.1, -0.05) is 163 Å². The zero-order valence-corrected chi connectivity index (χ0v) is 37.5. The zero-order chi connectivity index (χ0) is 44.9. The molecule has 0 saturated heterocycles. The van der Waals surface area contributed by atoms with Gasteiger partial charge < -0.3 is 4.57 Å². The van der Waals surface area contributed by atoms with Gasteiger partial charge in [0.15, 0.2) is 34.9 Å². The van der Waals surface area contributed by atoms with E-state index >= 15 is 0 Å². The van der Waals surface area contributed by atoms with Gasteiger partial charge in [-0.05, 0) is 41.5 Å². The number of hydrogen-bond donors (Lipinski definition) is 0. The molecule has 12 heteroatoms. The van der Waals surface area contributed by atoms with Gasteiger partial charge in [0.25, 0.3) is 0 Å². The minimum absolute atomic E-state index is 0.584. The summed E-state index contributed by atoms with van der Waals surface area (Å²) < 4.78 is 2.35. The first-order valence-corrected chi connectivity index (χ1v) is 22.3. The van der Waals surface area contributed by atoms with E-state index in [9.17, 15) is 0 Å². The van der Waals surface area contributed by atoms with Crippen LogP contribution in [-0.2, 0) is 0 Å². The molecule has 0 aliphatic carbocycles. The molecule has 0 bridgehead atoms. The topological polar surface area (TPSA) is 82.3 Å². The number of benzene rings is 8. The van der Waals surface area contributed by atoms with E-state index in [-0.39, 0.29) is 0 Å². The second-order valence-corrected chi connectivity index (χ2v) is 16.9. The van der Waals surface area contributed by atoms with Crippen molar-refractivity contribution in [2.24, 2.45) is 0 Å². The van der Waals surface area contributed by atoms with Crippen LogP contribution < -0.4 is 27.3 Å².